The van der Waals surface area contributed by atoms with Crippen LogP contribution < -0.4 is 0 Å². The van der Waals surface area contributed by atoms with Crippen LogP contribution in [-0.4, -0.2) is 34.8 Å². The summed E-state index contributed by atoms with van der Waals surface area (Å²) in [6, 6.07) is 0. The van der Waals surface area contributed by atoms with E-state index in [0.717, 1.165) is 12.8 Å². The minimum Gasteiger partial charge on any atom is -0.455 e. The second-order valence-electron chi connectivity index (χ2n) is 8.67. The summed E-state index contributed by atoms with van der Waals surface area (Å²) >= 11 is 0. The highest BCUT2D eigenvalue weighted by atomic mass is 16.7. The second kappa shape index (κ2) is 3.64. The Kier molecular flexibility index (Phi) is 2.23. The lowest BCUT2D eigenvalue weighted by Crippen LogP contribution is -2.70. The Bertz CT molecular complexity index is 755. The summed E-state index contributed by atoms with van der Waals surface area (Å²) in [7, 11) is 0. The van der Waals surface area contributed by atoms with Gasteiger partial charge in [0.05, 0.1) is 11.2 Å². The van der Waals surface area contributed by atoms with Crippen molar-refractivity contribution in [3.63, 3.8) is 0 Å². The Labute approximate surface area is 141 Å². The van der Waals surface area contributed by atoms with Crippen LogP contribution in [0.25, 0.3) is 0 Å². The van der Waals surface area contributed by atoms with Crippen molar-refractivity contribution in [3.8, 4) is 0 Å². The minimum atomic E-state index is -1.04. The SMILES string of the molecule is C=C(C)C(=O)OC1CC2(C)C3CCC4(C)OC15C(=C)C(=O)OC25C34. The highest BCUT2D eigenvalue weighted by molar-refractivity contribution is 5.96. The first-order chi connectivity index (χ1) is 11.1. The molecule has 3 saturated carbocycles. The molecule has 24 heavy (non-hydrogen) atoms. The summed E-state index contributed by atoms with van der Waals surface area (Å²) in [5, 5.41) is 0. The molecule has 5 heteroatoms. The van der Waals surface area contributed by atoms with Gasteiger partial charge in [-0.05, 0) is 39.0 Å². The molecule has 128 valence electrons. The summed E-state index contributed by atoms with van der Waals surface area (Å²) in [4.78, 5) is 24.7. The number of esters is 2. The van der Waals surface area contributed by atoms with Crippen molar-refractivity contribution < 1.29 is 23.8 Å². The number of carbonyl (C=O) groups is 2. The summed E-state index contributed by atoms with van der Waals surface area (Å²) in [6.45, 7) is 13.5. The fraction of sp³-hybridized carbons (Fsp3) is 0.684. The third kappa shape index (κ3) is 1.08. The van der Waals surface area contributed by atoms with E-state index in [2.05, 4.69) is 27.0 Å². The fourth-order valence-electron chi connectivity index (χ4n) is 6.92. The molecule has 0 bridgehead atoms. The molecule has 7 atom stereocenters. The van der Waals surface area contributed by atoms with Crippen molar-refractivity contribution in [1.29, 1.82) is 0 Å². The lowest BCUT2D eigenvalue weighted by atomic mass is 9.44. The van der Waals surface area contributed by atoms with E-state index in [4.69, 9.17) is 14.2 Å². The van der Waals surface area contributed by atoms with Gasteiger partial charge >= 0.3 is 11.9 Å². The maximum Gasteiger partial charge on any atom is 0.337 e. The Morgan fingerprint density at radius 2 is 2.08 bits per heavy atom. The molecular weight excluding hydrogens is 308 g/mol. The average Bonchev–Trinajstić information content (AvgIpc) is 3.05. The summed E-state index contributed by atoms with van der Waals surface area (Å²) in [6.07, 6.45) is 2.07. The van der Waals surface area contributed by atoms with E-state index in [1.165, 1.54) is 0 Å². The van der Waals surface area contributed by atoms with E-state index in [9.17, 15) is 9.59 Å². The quantitative estimate of drug-likeness (QED) is 0.574. The zero-order chi connectivity index (χ0) is 17.3. The van der Waals surface area contributed by atoms with Gasteiger partial charge in [-0.1, -0.05) is 20.1 Å². The van der Waals surface area contributed by atoms with Crippen LogP contribution in [0.2, 0.25) is 0 Å². The van der Waals surface area contributed by atoms with E-state index in [0.29, 0.717) is 23.5 Å². The maximum atomic E-state index is 12.4. The monoisotopic (exact) mass is 330 g/mol. The van der Waals surface area contributed by atoms with Crippen LogP contribution in [-0.2, 0) is 23.8 Å². The van der Waals surface area contributed by atoms with Gasteiger partial charge in [0.25, 0.3) is 0 Å². The molecule has 5 rings (SSSR count). The van der Waals surface area contributed by atoms with Crippen molar-refractivity contribution in [2.45, 2.75) is 62.9 Å². The number of rotatable bonds is 2. The molecule has 3 aliphatic carbocycles. The smallest absolute Gasteiger partial charge is 0.337 e. The maximum absolute atomic E-state index is 12.4. The lowest BCUT2D eigenvalue weighted by molar-refractivity contribution is -0.236. The second-order valence-corrected chi connectivity index (χ2v) is 8.67. The third-order valence-corrected chi connectivity index (χ3v) is 7.67. The predicted octanol–water partition coefficient (Wildman–Crippen LogP) is 2.30. The standard InChI is InChI=1S/C19H22O5/c1-9(2)14(20)22-12-8-16(4)11-6-7-17(5)13(11)19(16)18(12,24-17)10(3)15(21)23-19/h11-13H,1,3,6-8H2,2,4-5H3. The van der Waals surface area contributed by atoms with Gasteiger partial charge < -0.3 is 14.2 Å². The number of hydrogen-bond donors (Lipinski definition) is 0. The molecule has 7 unspecified atom stereocenters. The van der Waals surface area contributed by atoms with Crippen LogP contribution in [0.5, 0.6) is 0 Å². The van der Waals surface area contributed by atoms with E-state index in [1.54, 1.807) is 6.92 Å². The zero-order valence-corrected chi connectivity index (χ0v) is 14.3. The number of carbonyl (C=O) groups excluding carboxylic acids is 2. The Hall–Kier alpha value is -1.62. The molecule has 0 aromatic heterocycles. The van der Waals surface area contributed by atoms with E-state index < -0.39 is 29.2 Å². The number of fused-ring (bicyclic) bond motifs is 1. The average molecular weight is 330 g/mol. The first-order valence-corrected chi connectivity index (χ1v) is 8.63. The van der Waals surface area contributed by atoms with Crippen molar-refractivity contribution in [2.75, 3.05) is 0 Å². The van der Waals surface area contributed by atoms with Gasteiger partial charge in [-0.3, -0.25) is 0 Å². The van der Waals surface area contributed by atoms with E-state index in [1.807, 2.05) is 0 Å². The summed E-state index contributed by atoms with van der Waals surface area (Å²) in [5.41, 5.74) is -1.71. The molecule has 2 saturated heterocycles. The lowest BCUT2D eigenvalue weighted by Gasteiger charge is -2.60. The summed E-state index contributed by atoms with van der Waals surface area (Å²) < 4.78 is 18.4. The largest absolute Gasteiger partial charge is 0.455 e. The molecular formula is C19H22O5. The molecule has 1 spiro atoms. The predicted molar refractivity (Wildman–Crippen MR) is 83.8 cm³/mol. The molecule has 5 nitrogen and oxygen atoms in total. The first-order valence-electron chi connectivity index (χ1n) is 8.63. The Morgan fingerprint density at radius 1 is 1.38 bits per heavy atom. The van der Waals surface area contributed by atoms with Gasteiger partial charge in [-0.2, -0.15) is 0 Å². The van der Waals surface area contributed by atoms with E-state index in [-0.39, 0.29) is 16.9 Å². The molecule has 0 aromatic rings. The normalized spacial score (nSPS) is 55.7. The van der Waals surface area contributed by atoms with Gasteiger partial charge in [0.1, 0.15) is 6.10 Å². The molecule has 5 fully saturated rings. The van der Waals surface area contributed by atoms with Gasteiger partial charge in [0.15, 0.2) is 11.2 Å². The van der Waals surface area contributed by atoms with Crippen LogP contribution in [0.15, 0.2) is 24.3 Å². The van der Waals surface area contributed by atoms with Crippen LogP contribution in [0, 0.1) is 17.3 Å². The van der Waals surface area contributed by atoms with Crippen molar-refractivity contribution in [3.05, 3.63) is 24.3 Å². The highest BCUT2D eigenvalue weighted by Gasteiger charge is 2.97. The van der Waals surface area contributed by atoms with Gasteiger partial charge in [-0.25, -0.2) is 9.59 Å². The van der Waals surface area contributed by atoms with Crippen LogP contribution in [0.4, 0.5) is 0 Å². The summed E-state index contributed by atoms with van der Waals surface area (Å²) in [5.74, 6) is -0.279. The molecule has 0 N–H and O–H groups in total. The minimum absolute atomic E-state index is 0.159. The van der Waals surface area contributed by atoms with Gasteiger partial charge in [0, 0.05) is 16.9 Å². The van der Waals surface area contributed by atoms with Gasteiger partial charge in [-0.15, -0.1) is 0 Å². The molecule has 2 heterocycles. The van der Waals surface area contributed by atoms with Crippen LogP contribution in [0.1, 0.15) is 40.0 Å². The van der Waals surface area contributed by atoms with Crippen molar-refractivity contribution in [1.82, 2.24) is 0 Å². The third-order valence-electron chi connectivity index (χ3n) is 7.67. The number of hydrogen-bond acceptors (Lipinski definition) is 5. The van der Waals surface area contributed by atoms with E-state index >= 15 is 0 Å². The fourth-order valence-corrected chi connectivity index (χ4v) is 6.92. The van der Waals surface area contributed by atoms with Crippen molar-refractivity contribution >= 4 is 11.9 Å². The first kappa shape index (κ1) is 14.7. The molecule has 0 amide bonds. The molecule has 2 aliphatic heterocycles. The van der Waals surface area contributed by atoms with Crippen molar-refractivity contribution in [2.24, 2.45) is 17.3 Å². The van der Waals surface area contributed by atoms with Crippen LogP contribution in [0.3, 0.4) is 0 Å². The highest BCUT2D eigenvalue weighted by Crippen LogP contribution is 2.86. The Balaban J connectivity index is 1.70. The number of ether oxygens (including phenoxy) is 3. The molecule has 5 aliphatic rings. The van der Waals surface area contributed by atoms with Gasteiger partial charge in [0.2, 0.25) is 0 Å². The Morgan fingerprint density at radius 3 is 2.75 bits per heavy atom. The van der Waals surface area contributed by atoms with Crippen LogP contribution >= 0.6 is 0 Å². The molecule has 0 radical (unpaired) electrons. The topological polar surface area (TPSA) is 61.8 Å². The molecule has 0 aromatic carbocycles. The zero-order valence-electron chi connectivity index (χ0n) is 14.3.